The number of nitrogens with zero attached hydrogens (tertiary/aromatic N) is 2. The molecule has 5 nitrogen and oxygen atoms in total. The molecule has 1 aromatic rings. The van der Waals surface area contributed by atoms with Gasteiger partial charge in [-0.15, -0.1) is 0 Å². The van der Waals surface area contributed by atoms with E-state index in [1.165, 1.54) is 11.1 Å². The molecule has 0 spiro atoms. The van der Waals surface area contributed by atoms with Crippen LogP contribution in [0.15, 0.2) is 24.3 Å². The zero-order valence-electron chi connectivity index (χ0n) is 12.2. The summed E-state index contributed by atoms with van der Waals surface area (Å²) in [6.45, 7) is 3.38. The number of rotatable bonds is 6. The molecule has 3 rings (SSSR count). The zero-order chi connectivity index (χ0) is 14.7. The van der Waals surface area contributed by atoms with Crippen LogP contribution in [0.3, 0.4) is 0 Å². The molecule has 1 saturated heterocycles. The molecular formula is C16H22N2O3. The van der Waals surface area contributed by atoms with Crippen LogP contribution in [0.25, 0.3) is 0 Å². The van der Waals surface area contributed by atoms with Crippen molar-refractivity contribution in [2.24, 2.45) is 0 Å². The van der Waals surface area contributed by atoms with Crippen LogP contribution in [0.2, 0.25) is 0 Å². The minimum atomic E-state index is -0.217. The van der Waals surface area contributed by atoms with Crippen molar-refractivity contribution in [1.82, 2.24) is 9.80 Å². The van der Waals surface area contributed by atoms with Gasteiger partial charge in [-0.05, 0) is 24.0 Å². The summed E-state index contributed by atoms with van der Waals surface area (Å²) in [5.41, 5.74) is 2.78. The summed E-state index contributed by atoms with van der Waals surface area (Å²) < 4.78 is 4.96. The quantitative estimate of drug-likeness (QED) is 0.861. The number of fused-ring (bicyclic) bond motifs is 1. The highest BCUT2D eigenvalue weighted by atomic mass is 16.6. The molecule has 0 bridgehead atoms. The van der Waals surface area contributed by atoms with Crippen LogP contribution in [0.4, 0.5) is 4.79 Å². The molecule has 0 unspecified atom stereocenters. The van der Waals surface area contributed by atoms with E-state index in [1.54, 1.807) is 4.90 Å². The van der Waals surface area contributed by atoms with Crippen molar-refractivity contribution in [3.63, 3.8) is 0 Å². The number of aliphatic hydroxyl groups excluding tert-OH is 1. The van der Waals surface area contributed by atoms with Crippen molar-refractivity contribution in [3.05, 3.63) is 35.4 Å². The predicted octanol–water partition coefficient (Wildman–Crippen LogP) is 1.42. The van der Waals surface area contributed by atoms with Crippen LogP contribution < -0.4 is 0 Å². The van der Waals surface area contributed by atoms with Gasteiger partial charge in [-0.25, -0.2) is 4.79 Å². The van der Waals surface area contributed by atoms with E-state index < -0.39 is 0 Å². The maximum atomic E-state index is 11.5. The summed E-state index contributed by atoms with van der Waals surface area (Å²) in [6.07, 6.45) is 1.96. The average molecular weight is 290 g/mol. The Morgan fingerprint density at radius 3 is 2.95 bits per heavy atom. The summed E-state index contributed by atoms with van der Waals surface area (Å²) in [7, 11) is 0. The van der Waals surface area contributed by atoms with Crippen molar-refractivity contribution in [1.29, 1.82) is 0 Å². The van der Waals surface area contributed by atoms with Crippen LogP contribution in [0, 0.1) is 0 Å². The molecule has 1 aromatic carbocycles. The first-order chi connectivity index (χ1) is 10.3. The minimum Gasteiger partial charge on any atom is -0.448 e. The Balaban J connectivity index is 1.66. The molecule has 0 aromatic heterocycles. The molecule has 1 aliphatic heterocycles. The van der Waals surface area contributed by atoms with Crippen molar-refractivity contribution < 1.29 is 14.6 Å². The van der Waals surface area contributed by atoms with Gasteiger partial charge in [-0.3, -0.25) is 4.90 Å². The third kappa shape index (κ3) is 3.04. The number of ether oxygens (including phenoxy) is 1. The minimum absolute atomic E-state index is 0.142. The van der Waals surface area contributed by atoms with Gasteiger partial charge in [-0.2, -0.15) is 0 Å². The van der Waals surface area contributed by atoms with Gasteiger partial charge < -0.3 is 14.7 Å². The molecule has 1 aliphatic carbocycles. The topological polar surface area (TPSA) is 53.0 Å². The number of hydrogen-bond donors (Lipinski definition) is 1. The molecule has 1 atom stereocenters. The first-order valence-electron chi connectivity index (χ1n) is 7.64. The van der Waals surface area contributed by atoms with E-state index in [9.17, 15) is 9.90 Å². The van der Waals surface area contributed by atoms with E-state index in [0.29, 0.717) is 32.3 Å². The SMILES string of the molecule is O=C1OCCN1CCN(CCO)[C@@H]1CCc2ccccc21. The largest absolute Gasteiger partial charge is 0.448 e. The standard InChI is InChI=1S/C16H22N2O3/c19-11-9-17(7-8-18-10-12-21-16(18)20)15-6-5-13-3-1-2-4-14(13)15/h1-4,15,19H,5-12H2/t15-/m1/s1. The lowest BCUT2D eigenvalue weighted by Crippen LogP contribution is -2.38. The fourth-order valence-corrected chi connectivity index (χ4v) is 3.34. The molecule has 1 N–H and O–H groups in total. The summed E-state index contributed by atoms with van der Waals surface area (Å²) in [5.74, 6) is 0. The summed E-state index contributed by atoms with van der Waals surface area (Å²) in [5, 5.41) is 9.34. The zero-order valence-corrected chi connectivity index (χ0v) is 12.2. The number of cyclic esters (lactones) is 1. The van der Waals surface area contributed by atoms with Gasteiger partial charge in [0.05, 0.1) is 13.2 Å². The van der Waals surface area contributed by atoms with Gasteiger partial charge in [0.15, 0.2) is 0 Å². The van der Waals surface area contributed by atoms with Gasteiger partial charge in [0, 0.05) is 25.7 Å². The molecular weight excluding hydrogens is 268 g/mol. The molecule has 5 heteroatoms. The fraction of sp³-hybridized carbons (Fsp3) is 0.562. The van der Waals surface area contributed by atoms with Gasteiger partial charge in [0.25, 0.3) is 0 Å². The molecule has 0 radical (unpaired) electrons. The molecule has 1 fully saturated rings. The summed E-state index contributed by atoms with van der Waals surface area (Å²) in [4.78, 5) is 15.5. The Morgan fingerprint density at radius 1 is 1.33 bits per heavy atom. The van der Waals surface area contributed by atoms with E-state index in [1.807, 2.05) is 0 Å². The normalized spacial score (nSPS) is 21.0. The predicted molar refractivity (Wildman–Crippen MR) is 79.1 cm³/mol. The number of aliphatic hydroxyl groups is 1. The van der Waals surface area contributed by atoms with Gasteiger partial charge >= 0.3 is 6.09 Å². The summed E-state index contributed by atoms with van der Waals surface area (Å²) in [6, 6.07) is 8.88. The smallest absolute Gasteiger partial charge is 0.409 e. The fourth-order valence-electron chi connectivity index (χ4n) is 3.34. The van der Waals surface area contributed by atoms with Crippen LogP contribution in [-0.4, -0.2) is 60.4 Å². The lowest BCUT2D eigenvalue weighted by Gasteiger charge is -2.30. The second kappa shape index (κ2) is 6.45. The number of carbonyl (C=O) groups excluding carboxylic acids is 1. The Morgan fingerprint density at radius 2 is 2.19 bits per heavy atom. The highest BCUT2D eigenvalue weighted by Crippen LogP contribution is 2.35. The highest BCUT2D eigenvalue weighted by molar-refractivity contribution is 5.69. The lowest BCUT2D eigenvalue weighted by atomic mass is 10.1. The van der Waals surface area contributed by atoms with Crippen LogP contribution in [0.5, 0.6) is 0 Å². The van der Waals surface area contributed by atoms with E-state index in [0.717, 1.165) is 19.4 Å². The first-order valence-corrected chi connectivity index (χ1v) is 7.64. The lowest BCUT2D eigenvalue weighted by molar-refractivity contribution is 0.129. The first kappa shape index (κ1) is 14.4. The second-order valence-electron chi connectivity index (χ2n) is 5.61. The Bertz CT molecular complexity index is 506. The van der Waals surface area contributed by atoms with Crippen molar-refractivity contribution in [2.75, 3.05) is 39.4 Å². The molecule has 0 saturated carbocycles. The van der Waals surface area contributed by atoms with Crippen LogP contribution in [0.1, 0.15) is 23.6 Å². The Labute approximate surface area is 125 Å². The van der Waals surface area contributed by atoms with Crippen LogP contribution >= 0.6 is 0 Å². The molecule has 1 amide bonds. The number of amides is 1. The van der Waals surface area contributed by atoms with Crippen molar-refractivity contribution in [2.45, 2.75) is 18.9 Å². The van der Waals surface area contributed by atoms with Gasteiger partial charge in [-0.1, -0.05) is 24.3 Å². The monoisotopic (exact) mass is 290 g/mol. The van der Waals surface area contributed by atoms with Gasteiger partial charge in [0.2, 0.25) is 0 Å². The molecule has 21 heavy (non-hydrogen) atoms. The highest BCUT2D eigenvalue weighted by Gasteiger charge is 2.29. The second-order valence-corrected chi connectivity index (χ2v) is 5.61. The Hall–Kier alpha value is -1.59. The molecule has 114 valence electrons. The number of carbonyl (C=O) groups is 1. The van der Waals surface area contributed by atoms with E-state index in [4.69, 9.17) is 4.74 Å². The van der Waals surface area contributed by atoms with E-state index >= 15 is 0 Å². The number of benzene rings is 1. The maximum Gasteiger partial charge on any atom is 0.409 e. The Kier molecular flexibility index (Phi) is 4.41. The molecule has 2 aliphatic rings. The van der Waals surface area contributed by atoms with E-state index in [-0.39, 0.29) is 12.7 Å². The van der Waals surface area contributed by atoms with E-state index in [2.05, 4.69) is 29.2 Å². The number of aryl methyl sites for hydroxylation is 1. The van der Waals surface area contributed by atoms with Crippen molar-refractivity contribution >= 4 is 6.09 Å². The van der Waals surface area contributed by atoms with Crippen LogP contribution in [-0.2, 0) is 11.2 Å². The van der Waals surface area contributed by atoms with Gasteiger partial charge in [0.1, 0.15) is 6.61 Å². The summed E-state index contributed by atoms with van der Waals surface area (Å²) >= 11 is 0. The molecule has 1 heterocycles. The third-order valence-corrected chi connectivity index (χ3v) is 4.43. The third-order valence-electron chi connectivity index (χ3n) is 4.43. The maximum absolute atomic E-state index is 11.5. The number of hydrogen-bond acceptors (Lipinski definition) is 4. The average Bonchev–Trinajstić information content (AvgIpc) is 3.10. The van der Waals surface area contributed by atoms with Crippen molar-refractivity contribution in [3.8, 4) is 0 Å².